The van der Waals surface area contributed by atoms with Crippen molar-refractivity contribution in [1.82, 2.24) is 16.2 Å². The Balaban J connectivity index is 1.81. The van der Waals surface area contributed by atoms with Gasteiger partial charge < -0.3 is 19.7 Å². The Morgan fingerprint density at radius 3 is 2.09 bits per heavy atom. The van der Waals surface area contributed by atoms with E-state index in [4.69, 9.17) is 9.47 Å². The Kier molecular flexibility index (Phi) is 10.6. The predicted molar refractivity (Wildman–Crippen MR) is 166 cm³/mol. The largest absolute Gasteiger partial charge is 0.444 e. The molecule has 3 rings (SSSR count). The van der Waals surface area contributed by atoms with Gasteiger partial charge in [0, 0.05) is 29.4 Å². The number of nitrogens with one attached hydrogen (secondary N) is 3. The minimum atomic E-state index is -0.768. The average molecular weight is 610 g/mol. The van der Waals surface area contributed by atoms with E-state index in [1.54, 1.807) is 63.5 Å². The van der Waals surface area contributed by atoms with E-state index >= 15 is 0 Å². The molecule has 0 bridgehead atoms. The number of benzene rings is 2. The van der Waals surface area contributed by atoms with Crippen LogP contribution in [0.25, 0.3) is 0 Å². The van der Waals surface area contributed by atoms with Crippen LogP contribution in [-0.2, 0) is 19.1 Å². The van der Waals surface area contributed by atoms with Crippen LogP contribution in [0.2, 0.25) is 0 Å². The van der Waals surface area contributed by atoms with Gasteiger partial charge in [-0.15, -0.1) is 0 Å². The Morgan fingerprint density at radius 1 is 0.886 bits per heavy atom. The molecule has 12 nitrogen and oxygen atoms in total. The second kappa shape index (κ2) is 13.8. The Morgan fingerprint density at radius 2 is 1.50 bits per heavy atom. The first kappa shape index (κ1) is 33.9. The third-order valence-corrected chi connectivity index (χ3v) is 6.55. The average Bonchev–Trinajstić information content (AvgIpc) is 2.93. The molecule has 2 atom stereocenters. The molecule has 0 aliphatic carbocycles. The number of fused-ring (bicyclic) bond motifs is 1. The van der Waals surface area contributed by atoms with Gasteiger partial charge in [-0.05, 0) is 90.8 Å². The zero-order valence-electron chi connectivity index (χ0n) is 26.6. The maximum Gasteiger partial charge on any atom is 0.415 e. The number of alkyl carbamates (subject to hydrolysis) is 1. The molecule has 0 saturated heterocycles. The monoisotopic (exact) mass is 609 g/mol. The van der Waals surface area contributed by atoms with Gasteiger partial charge in [0.2, 0.25) is 5.91 Å². The molecule has 0 radical (unpaired) electrons. The van der Waals surface area contributed by atoms with Crippen molar-refractivity contribution in [3.8, 4) is 0 Å². The molecule has 2 aromatic rings. The number of para-hydroxylation sites is 1. The van der Waals surface area contributed by atoms with Crippen molar-refractivity contribution in [2.24, 2.45) is 0 Å². The molecule has 0 aromatic heterocycles. The fourth-order valence-corrected chi connectivity index (χ4v) is 4.78. The highest BCUT2D eigenvalue weighted by atomic mass is 16.6. The molecular weight excluding hydrogens is 566 g/mol. The number of nitrogens with zero attached hydrogens (tertiary/aromatic N) is 2. The number of amides is 5. The van der Waals surface area contributed by atoms with E-state index in [-0.39, 0.29) is 17.5 Å². The van der Waals surface area contributed by atoms with Crippen molar-refractivity contribution in [1.29, 1.82) is 0 Å². The standard InChI is InChI=1S/C32H43N5O7/c1-9-27(39)36-20(2)18-25(23-12-10-11-13-24(23)36)37(30(42)44-32(6,7)8)22-16-14-21(15-17-22)28(40)35-34-26(38)19-33-29(41)43-31(3,4)5/h10-17,20,25H,9,18-19H2,1-8H3,(H,33,41)(H,34,38)(H,35,40)/t20-,25+/m0/s1. The summed E-state index contributed by atoms with van der Waals surface area (Å²) in [6, 6.07) is 13.2. The summed E-state index contributed by atoms with van der Waals surface area (Å²) >= 11 is 0. The molecule has 1 heterocycles. The number of hydrogen-bond acceptors (Lipinski definition) is 7. The molecular formula is C32H43N5O7. The highest BCUT2D eigenvalue weighted by Crippen LogP contribution is 2.43. The molecule has 0 unspecified atom stereocenters. The lowest BCUT2D eigenvalue weighted by atomic mass is 9.90. The van der Waals surface area contributed by atoms with Gasteiger partial charge in [0.1, 0.15) is 17.7 Å². The second-order valence-electron chi connectivity index (χ2n) is 12.5. The van der Waals surface area contributed by atoms with Crippen LogP contribution in [0.4, 0.5) is 21.0 Å². The molecule has 0 saturated carbocycles. The Hall–Kier alpha value is -4.61. The van der Waals surface area contributed by atoms with Crippen LogP contribution in [0.3, 0.4) is 0 Å². The molecule has 5 amide bonds. The van der Waals surface area contributed by atoms with Crippen LogP contribution in [0.1, 0.15) is 90.2 Å². The smallest absolute Gasteiger partial charge is 0.415 e. The summed E-state index contributed by atoms with van der Waals surface area (Å²) in [6.45, 7) is 13.8. The summed E-state index contributed by atoms with van der Waals surface area (Å²) in [5.74, 6) is -1.26. The van der Waals surface area contributed by atoms with E-state index in [0.717, 1.165) is 11.3 Å². The van der Waals surface area contributed by atoms with Gasteiger partial charge in [-0.25, -0.2) is 9.59 Å². The van der Waals surface area contributed by atoms with E-state index in [9.17, 15) is 24.0 Å². The number of anilines is 2. The van der Waals surface area contributed by atoms with Crippen LogP contribution in [-0.4, -0.2) is 53.7 Å². The Labute approximate surface area is 258 Å². The van der Waals surface area contributed by atoms with Crippen LogP contribution >= 0.6 is 0 Å². The van der Waals surface area contributed by atoms with Gasteiger partial charge in [0.05, 0.1) is 6.04 Å². The van der Waals surface area contributed by atoms with Gasteiger partial charge in [0.15, 0.2) is 0 Å². The van der Waals surface area contributed by atoms with E-state index < -0.39 is 47.8 Å². The second-order valence-corrected chi connectivity index (χ2v) is 12.5. The van der Waals surface area contributed by atoms with Crippen LogP contribution < -0.4 is 26.0 Å². The minimum absolute atomic E-state index is 0.00436. The lowest BCUT2D eigenvalue weighted by Crippen LogP contribution is -2.48. The normalized spacial score (nSPS) is 16.2. The zero-order chi connectivity index (χ0) is 32.8. The van der Waals surface area contributed by atoms with E-state index in [1.165, 1.54) is 12.1 Å². The van der Waals surface area contributed by atoms with E-state index in [1.807, 2.05) is 38.1 Å². The quantitative estimate of drug-likeness (QED) is 0.391. The summed E-state index contributed by atoms with van der Waals surface area (Å²) in [5, 5.41) is 2.31. The maximum absolute atomic E-state index is 13.7. The zero-order valence-corrected chi connectivity index (χ0v) is 26.6. The molecule has 1 aliphatic heterocycles. The fourth-order valence-electron chi connectivity index (χ4n) is 4.78. The van der Waals surface area contributed by atoms with Crippen molar-refractivity contribution in [3.63, 3.8) is 0 Å². The minimum Gasteiger partial charge on any atom is -0.444 e. The van der Waals surface area contributed by atoms with Gasteiger partial charge in [-0.3, -0.25) is 30.1 Å². The number of carbonyl (C=O) groups excluding carboxylic acids is 5. The van der Waals surface area contributed by atoms with Crippen molar-refractivity contribution < 1.29 is 33.4 Å². The molecule has 1 aliphatic rings. The van der Waals surface area contributed by atoms with E-state index in [0.29, 0.717) is 18.5 Å². The van der Waals surface area contributed by atoms with Crippen molar-refractivity contribution in [2.45, 2.75) is 91.5 Å². The lowest BCUT2D eigenvalue weighted by Gasteiger charge is -2.43. The van der Waals surface area contributed by atoms with Gasteiger partial charge >= 0.3 is 12.2 Å². The summed E-state index contributed by atoms with van der Waals surface area (Å²) in [4.78, 5) is 66.4. The number of hydrogen-bond donors (Lipinski definition) is 3. The predicted octanol–water partition coefficient (Wildman–Crippen LogP) is 4.99. The first-order chi connectivity index (χ1) is 20.5. The van der Waals surface area contributed by atoms with Crippen LogP contribution in [0.5, 0.6) is 0 Å². The third-order valence-electron chi connectivity index (χ3n) is 6.55. The van der Waals surface area contributed by atoms with Crippen molar-refractivity contribution >= 4 is 41.3 Å². The topological polar surface area (TPSA) is 146 Å². The molecule has 0 fully saturated rings. The van der Waals surface area contributed by atoms with E-state index in [2.05, 4.69) is 16.2 Å². The van der Waals surface area contributed by atoms with Crippen LogP contribution in [0.15, 0.2) is 48.5 Å². The molecule has 238 valence electrons. The number of hydrazine groups is 1. The molecule has 3 N–H and O–H groups in total. The fraction of sp³-hybridized carbons (Fsp3) is 0.469. The molecule has 44 heavy (non-hydrogen) atoms. The third kappa shape index (κ3) is 8.95. The highest BCUT2D eigenvalue weighted by Gasteiger charge is 2.39. The lowest BCUT2D eigenvalue weighted by molar-refractivity contribution is -0.121. The van der Waals surface area contributed by atoms with Crippen LogP contribution in [0, 0.1) is 0 Å². The summed E-state index contributed by atoms with van der Waals surface area (Å²) in [6.07, 6.45) is -0.512. The highest BCUT2D eigenvalue weighted by molar-refractivity contribution is 5.98. The van der Waals surface area contributed by atoms with Gasteiger partial charge in [-0.2, -0.15) is 0 Å². The summed E-state index contributed by atoms with van der Waals surface area (Å²) < 4.78 is 10.9. The van der Waals surface area contributed by atoms with Gasteiger partial charge in [0.25, 0.3) is 11.8 Å². The number of rotatable bonds is 6. The van der Waals surface area contributed by atoms with Crippen molar-refractivity contribution in [3.05, 3.63) is 59.7 Å². The SMILES string of the molecule is CCC(=O)N1c2ccccc2[C@H](N(C(=O)OC(C)(C)C)c2ccc(C(=O)NNC(=O)CNC(=O)OC(C)(C)C)cc2)C[C@@H]1C. The summed E-state index contributed by atoms with van der Waals surface area (Å²) in [7, 11) is 0. The molecule has 0 spiro atoms. The first-order valence-corrected chi connectivity index (χ1v) is 14.6. The maximum atomic E-state index is 13.7. The first-order valence-electron chi connectivity index (χ1n) is 14.6. The number of carbonyl (C=O) groups is 5. The summed E-state index contributed by atoms with van der Waals surface area (Å²) in [5.41, 5.74) is 5.32. The Bertz CT molecular complexity index is 1380. The number of ether oxygens (including phenoxy) is 2. The van der Waals surface area contributed by atoms with Crippen molar-refractivity contribution in [2.75, 3.05) is 16.3 Å². The molecule has 2 aromatic carbocycles. The van der Waals surface area contributed by atoms with Gasteiger partial charge in [-0.1, -0.05) is 25.1 Å². The molecule has 12 heteroatoms.